The Bertz CT molecular complexity index is 1460. The van der Waals surface area contributed by atoms with Crippen LogP contribution in [0.25, 0.3) is 5.57 Å². The lowest BCUT2D eigenvalue weighted by Crippen LogP contribution is -2.76. The molecule has 0 aliphatic heterocycles. The van der Waals surface area contributed by atoms with Crippen molar-refractivity contribution in [2.75, 3.05) is 0 Å². The summed E-state index contributed by atoms with van der Waals surface area (Å²) < 4.78 is 0. The van der Waals surface area contributed by atoms with Crippen molar-refractivity contribution in [1.82, 2.24) is 0 Å². The van der Waals surface area contributed by atoms with Crippen LogP contribution in [0.15, 0.2) is 29.9 Å². The molecule has 0 saturated heterocycles. The summed E-state index contributed by atoms with van der Waals surface area (Å²) in [6.07, 6.45) is 8.38. The van der Waals surface area contributed by atoms with Gasteiger partial charge in [-0.05, 0) is 73.1 Å². The molecular formula is C34H40O7. The third-order valence-electron chi connectivity index (χ3n) is 10.4. The summed E-state index contributed by atoms with van der Waals surface area (Å²) in [7, 11) is 0. The summed E-state index contributed by atoms with van der Waals surface area (Å²) in [4.78, 5) is 68.5. The minimum Gasteiger partial charge on any atom is -0.507 e. The Morgan fingerprint density at radius 1 is 1.07 bits per heavy atom. The molecule has 1 aromatic rings. The Kier molecular flexibility index (Phi) is 6.92. The van der Waals surface area contributed by atoms with Crippen molar-refractivity contribution in [2.24, 2.45) is 34.5 Å². The Morgan fingerprint density at radius 2 is 1.76 bits per heavy atom. The molecule has 1 aromatic carbocycles. The molecule has 0 aromatic heterocycles. The SMILES string of the molecule is CCCCC1=CC=C(c2ccc(O)c3c2C[C@]2(C)C[C@]4(C)C(C(C)C)C(=O)C(C(C)=O)C(=O)[C@]4(O)C(=O)C2C3=O)C1. The van der Waals surface area contributed by atoms with E-state index in [4.69, 9.17) is 0 Å². The van der Waals surface area contributed by atoms with Crippen LogP contribution in [-0.2, 0) is 25.6 Å². The number of phenolic OH excluding ortho intramolecular Hbond substituents is 1. The third kappa shape index (κ3) is 3.91. The largest absolute Gasteiger partial charge is 0.507 e. The summed E-state index contributed by atoms with van der Waals surface area (Å²) >= 11 is 0. The Hall–Kier alpha value is -3.19. The molecule has 5 rings (SSSR count). The zero-order valence-corrected chi connectivity index (χ0v) is 24.8. The fraction of sp³-hybridized carbons (Fsp3) is 0.559. The van der Waals surface area contributed by atoms with E-state index < -0.39 is 63.1 Å². The lowest BCUT2D eigenvalue weighted by molar-refractivity contribution is -0.205. The van der Waals surface area contributed by atoms with Gasteiger partial charge in [-0.3, -0.25) is 24.0 Å². The van der Waals surface area contributed by atoms with Gasteiger partial charge >= 0.3 is 0 Å². The van der Waals surface area contributed by atoms with Gasteiger partial charge in [0.25, 0.3) is 0 Å². The van der Waals surface area contributed by atoms with Gasteiger partial charge < -0.3 is 10.2 Å². The van der Waals surface area contributed by atoms with Crippen LogP contribution in [0, 0.1) is 34.5 Å². The van der Waals surface area contributed by atoms with Crippen molar-refractivity contribution in [1.29, 1.82) is 0 Å². The maximum Gasteiger partial charge on any atom is 0.190 e. The Labute approximate surface area is 241 Å². The fourth-order valence-electron chi connectivity index (χ4n) is 8.78. The van der Waals surface area contributed by atoms with E-state index in [1.807, 2.05) is 13.0 Å². The van der Waals surface area contributed by atoms with Gasteiger partial charge in [-0.15, -0.1) is 0 Å². The molecule has 218 valence electrons. The molecular weight excluding hydrogens is 520 g/mol. The maximum atomic E-state index is 14.4. The summed E-state index contributed by atoms with van der Waals surface area (Å²) in [5, 5.41) is 23.0. The molecule has 2 saturated carbocycles. The van der Waals surface area contributed by atoms with Gasteiger partial charge in [-0.1, -0.05) is 64.8 Å². The second-order valence-corrected chi connectivity index (χ2v) is 13.6. The van der Waals surface area contributed by atoms with Crippen molar-refractivity contribution in [3.05, 3.63) is 46.5 Å². The van der Waals surface area contributed by atoms with Gasteiger partial charge in [0.2, 0.25) is 0 Å². The smallest absolute Gasteiger partial charge is 0.190 e. The number of unbranched alkanes of at least 4 members (excludes halogenated alkanes) is 1. The minimum absolute atomic E-state index is 0.0521. The lowest BCUT2D eigenvalue weighted by atomic mass is 9.40. The standard InChI is InChI=1S/C34H40O7/c1-7-8-9-19-10-11-20(14-19)21-12-13-23(36)25-22(21)15-32(5)16-33(6)26(17(2)3)28(37)24(18(4)35)30(39)34(33,41)31(40)27(32)29(25)38/h10-13,17,24,26-27,36,41H,7-9,14-16H2,1-6H3/t24?,26?,27?,32-,33-,34+/m1/s1. The maximum absolute atomic E-state index is 14.4. The van der Waals surface area contributed by atoms with Gasteiger partial charge in [0.1, 0.15) is 17.5 Å². The van der Waals surface area contributed by atoms with Crippen LogP contribution in [-0.4, -0.2) is 44.7 Å². The Balaban J connectivity index is 1.65. The van der Waals surface area contributed by atoms with E-state index in [1.54, 1.807) is 20.8 Å². The zero-order valence-electron chi connectivity index (χ0n) is 24.8. The van der Waals surface area contributed by atoms with Crippen LogP contribution >= 0.6 is 0 Å². The number of ketones is 5. The predicted molar refractivity (Wildman–Crippen MR) is 153 cm³/mol. The van der Waals surface area contributed by atoms with E-state index in [0.717, 1.165) is 43.7 Å². The van der Waals surface area contributed by atoms with Crippen molar-refractivity contribution in [3.63, 3.8) is 0 Å². The summed E-state index contributed by atoms with van der Waals surface area (Å²) in [5.41, 5.74) is -1.32. The molecule has 3 unspecified atom stereocenters. The van der Waals surface area contributed by atoms with Crippen molar-refractivity contribution < 1.29 is 34.2 Å². The quantitative estimate of drug-likeness (QED) is 0.469. The first-order chi connectivity index (χ1) is 19.1. The molecule has 0 amide bonds. The highest BCUT2D eigenvalue weighted by Gasteiger charge is 2.76. The molecule has 4 aliphatic rings. The topological polar surface area (TPSA) is 126 Å². The van der Waals surface area contributed by atoms with Crippen LogP contribution in [0.2, 0.25) is 0 Å². The van der Waals surface area contributed by atoms with Gasteiger partial charge in [-0.25, -0.2) is 0 Å². The fourth-order valence-corrected chi connectivity index (χ4v) is 8.78. The molecule has 0 radical (unpaired) electrons. The minimum atomic E-state index is -2.68. The molecule has 0 spiro atoms. The normalized spacial score (nSPS) is 34.7. The van der Waals surface area contributed by atoms with Crippen molar-refractivity contribution in [3.8, 4) is 5.75 Å². The molecule has 7 nitrogen and oxygen atoms in total. The molecule has 7 heteroatoms. The summed E-state index contributed by atoms with van der Waals surface area (Å²) in [6.45, 7) is 10.2. The molecule has 41 heavy (non-hydrogen) atoms. The number of rotatable bonds is 6. The molecule has 0 bridgehead atoms. The van der Waals surface area contributed by atoms with Crippen LogP contribution in [0.1, 0.15) is 95.1 Å². The van der Waals surface area contributed by atoms with E-state index >= 15 is 0 Å². The number of phenols is 1. The van der Waals surface area contributed by atoms with Crippen LogP contribution in [0.4, 0.5) is 0 Å². The number of aliphatic hydroxyl groups is 1. The van der Waals surface area contributed by atoms with Crippen LogP contribution in [0.5, 0.6) is 5.75 Å². The number of carbonyl (C=O) groups excluding carboxylic acids is 5. The first-order valence-electron chi connectivity index (χ1n) is 14.8. The third-order valence-corrected chi connectivity index (χ3v) is 10.4. The number of carbonyl (C=O) groups is 5. The first kappa shape index (κ1) is 29.3. The number of fused-ring (bicyclic) bond motifs is 3. The molecule has 2 fully saturated rings. The molecule has 6 atom stereocenters. The average molecular weight is 561 g/mol. The van der Waals surface area contributed by atoms with E-state index in [-0.39, 0.29) is 30.1 Å². The number of aromatic hydroxyl groups is 1. The van der Waals surface area contributed by atoms with E-state index in [0.29, 0.717) is 5.56 Å². The number of hydrogen-bond donors (Lipinski definition) is 2. The van der Waals surface area contributed by atoms with Crippen LogP contribution < -0.4 is 0 Å². The summed E-state index contributed by atoms with van der Waals surface area (Å²) in [6, 6.07) is 3.29. The van der Waals surface area contributed by atoms with Crippen LogP contribution in [0.3, 0.4) is 0 Å². The van der Waals surface area contributed by atoms with E-state index in [1.165, 1.54) is 11.6 Å². The second kappa shape index (κ2) is 9.69. The summed E-state index contributed by atoms with van der Waals surface area (Å²) in [5.74, 6) is -8.71. The zero-order chi connectivity index (χ0) is 30.2. The monoisotopic (exact) mass is 560 g/mol. The van der Waals surface area contributed by atoms with Gasteiger partial charge in [0.05, 0.1) is 11.5 Å². The van der Waals surface area contributed by atoms with Gasteiger partial charge in [0, 0.05) is 11.3 Å². The second-order valence-electron chi connectivity index (χ2n) is 13.6. The molecule has 2 N–H and O–H groups in total. The highest BCUT2D eigenvalue weighted by atomic mass is 16.3. The Morgan fingerprint density at radius 3 is 2.37 bits per heavy atom. The van der Waals surface area contributed by atoms with E-state index in [9.17, 15) is 34.2 Å². The van der Waals surface area contributed by atoms with Crippen molar-refractivity contribution in [2.45, 2.75) is 85.7 Å². The number of Topliss-reactive ketones (excluding diaryl/α,β-unsaturated/α-hetero) is 5. The van der Waals surface area contributed by atoms with Gasteiger partial charge in [0.15, 0.2) is 28.7 Å². The number of hydrogen-bond acceptors (Lipinski definition) is 7. The number of allylic oxidation sites excluding steroid dienone is 4. The number of benzene rings is 1. The van der Waals surface area contributed by atoms with Gasteiger partial charge in [-0.2, -0.15) is 0 Å². The molecule has 0 heterocycles. The predicted octanol–water partition coefficient (Wildman–Crippen LogP) is 5.00. The lowest BCUT2D eigenvalue weighted by Gasteiger charge is -2.61. The highest BCUT2D eigenvalue weighted by Crippen LogP contribution is 2.64. The average Bonchev–Trinajstić information content (AvgIpc) is 3.33. The van der Waals surface area contributed by atoms with E-state index in [2.05, 4.69) is 19.1 Å². The van der Waals surface area contributed by atoms with Crippen molar-refractivity contribution >= 4 is 34.5 Å². The molecule has 4 aliphatic carbocycles. The highest BCUT2D eigenvalue weighted by molar-refractivity contribution is 6.32. The first-order valence-corrected chi connectivity index (χ1v) is 14.8.